The summed E-state index contributed by atoms with van der Waals surface area (Å²) in [5.74, 6) is 0. The molecule has 1 heterocycles. The molecule has 0 aliphatic heterocycles. The van der Waals surface area contributed by atoms with E-state index < -0.39 is 0 Å². The van der Waals surface area contributed by atoms with E-state index in [1.807, 2.05) is 24.0 Å². The van der Waals surface area contributed by atoms with Crippen LogP contribution < -0.4 is 10.6 Å². The molecular weight excluding hydrogens is 300 g/mol. The number of carbonyl (C=O) groups is 1. The first-order chi connectivity index (χ1) is 11.7. The highest BCUT2D eigenvalue weighted by molar-refractivity contribution is 5.74. The quantitative estimate of drug-likeness (QED) is 0.908. The maximum Gasteiger partial charge on any atom is 0.315 e. The molecule has 1 aromatic carbocycles. The van der Waals surface area contributed by atoms with Crippen molar-refractivity contribution in [1.29, 1.82) is 0 Å². The summed E-state index contributed by atoms with van der Waals surface area (Å²) in [6, 6.07) is 10.5. The Bertz CT molecular complexity index is 733. The van der Waals surface area contributed by atoms with Crippen LogP contribution in [-0.4, -0.2) is 22.4 Å². The number of carbonyl (C=O) groups excluding carboxylic acids is 1. The van der Waals surface area contributed by atoms with Gasteiger partial charge in [-0.2, -0.15) is 5.10 Å². The molecule has 1 fully saturated rings. The van der Waals surface area contributed by atoms with Gasteiger partial charge in [-0.3, -0.25) is 4.68 Å². The van der Waals surface area contributed by atoms with Crippen molar-refractivity contribution >= 4 is 6.03 Å². The Balaban J connectivity index is 1.37. The van der Waals surface area contributed by atoms with Gasteiger partial charge in [0.05, 0.1) is 12.2 Å². The molecule has 126 valence electrons. The molecule has 2 aromatic rings. The second kappa shape index (κ2) is 5.96. The molecule has 5 nitrogen and oxygen atoms in total. The number of benzene rings is 1. The smallest absolute Gasteiger partial charge is 0.315 e. The molecule has 0 saturated heterocycles. The third-order valence-corrected chi connectivity index (χ3v) is 5.51. The maximum absolute atomic E-state index is 12.4. The lowest BCUT2D eigenvalue weighted by Gasteiger charge is -2.24. The Morgan fingerprint density at radius 1 is 1.33 bits per heavy atom. The van der Waals surface area contributed by atoms with Gasteiger partial charge in [0.2, 0.25) is 0 Å². The fourth-order valence-electron chi connectivity index (χ4n) is 3.82. The largest absolute Gasteiger partial charge is 0.337 e. The Morgan fingerprint density at radius 3 is 2.88 bits per heavy atom. The van der Waals surface area contributed by atoms with Crippen molar-refractivity contribution in [3.63, 3.8) is 0 Å². The van der Waals surface area contributed by atoms with Crippen LogP contribution in [0, 0.1) is 0 Å². The van der Waals surface area contributed by atoms with Crippen LogP contribution in [0.3, 0.4) is 0 Å². The predicted molar refractivity (Wildman–Crippen MR) is 92.8 cm³/mol. The number of hydrogen-bond acceptors (Lipinski definition) is 2. The number of urea groups is 1. The first-order valence-electron chi connectivity index (χ1n) is 8.79. The van der Waals surface area contributed by atoms with Crippen LogP contribution in [0.5, 0.6) is 0 Å². The van der Waals surface area contributed by atoms with Gasteiger partial charge < -0.3 is 10.6 Å². The van der Waals surface area contributed by atoms with E-state index in [0.717, 1.165) is 32.1 Å². The molecular formula is C19H24N4O. The van der Waals surface area contributed by atoms with Crippen molar-refractivity contribution in [2.75, 3.05) is 6.54 Å². The highest BCUT2D eigenvalue weighted by Crippen LogP contribution is 2.47. The molecule has 4 rings (SSSR count). The van der Waals surface area contributed by atoms with Crippen LogP contribution in [0.4, 0.5) is 4.79 Å². The van der Waals surface area contributed by atoms with Gasteiger partial charge >= 0.3 is 6.03 Å². The standard InChI is InChI=1S/C19H24N4O/c1-23-17-9-5-8-16(15(17)12-21-23)22-18(24)20-13-19(10-11-19)14-6-3-2-4-7-14/h2-4,6-7,12,16H,5,8-11,13H2,1H3,(H2,20,22,24). The van der Waals surface area contributed by atoms with Crippen molar-refractivity contribution in [1.82, 2.24) is 20.4 Å². The SMILES string of the molecule is Cn1ncc2c1CCCC2NC(=O)NCC1(c2ccccc2)CC1. The third-order valence-electron chi connectivity index (χ3n) is 5.51. The van der Waals surface area contributed by atoms with E-state index >= 15 is 0 Å². The second-order valence-electron chi connectivity index (χ2n) is 7.09. The van der Waals surface area contributed by atoms with E-state index in [1.165, 1.54) is 16.8 Å². The van der Waals surface area contributed by atoms with Gasteiger partial charge in [-0.05, 0) is 37.7 Å². The molecule has 5 heteroatoms. The molecule has 1 saturated carbocycles. The molecule has 1 aromatic heterocycles. The normalized spacial score (nSPS) is 21.0. The summed E-state index contributed by atoms with van der Waals surface area (Å²) in [4.78, 5) is 12.4. The molecule has 0 bridgehead atoms. The zero-order valence-corrected chi connectivity index (χ0v) is 14.1. The predicted octanol–water partition coefficient (Wildman–Crippen LogP) is 2.83. The molecule has 2 aliphatic carbocycles. The van der Waals surface area contributed by atoms with Gasteiger partial charge in [0, 0.05) is 30.3 Å². The number of aryl methyl sites for hydroxylation is 1. The highest BCUT2D eigenvalue weighted by atomic mass is 16.2. The van der Waals surface area contributed by atoms with Crippen LogP contribution >= 0.6 is 0 Å². The van der Waals surface area contributed by atoms with Gasteiger partial charge in [-0.25, -0.2) is 4.79 Å². The van der Waals surface area contributed by atoms with Crippen molar-refractivity contribution in [2.24, 2.45) is 7.05 Å². The van der Waals surface area contributed by atoms with E-state index in [0.29, 0.717) is 6.54 Å². The van der Waals surface area contributed by atoms with Crippen molar-refractivity contribution in [2.45, 2.75) is 43.6 Å². The topological polar surface area (TPSA) is 59.0 Å². The Labute approximate surface area is 142 Å². The van der Waals surface area contributed by atoms with Crippen LogP contribution in [0.1, 0.15) is 48.5 Å². The lowest BCUT2D eigenvalue weighted by Crippen LogP contribution is -2.42. The fraction of sp³-hybridized carbons (Fsp3) is 0.474. The minimum atomic E-state index is -0.0705. The van der Waals surface area contributed by atoms with Gasteiger partial charge in [-0.15, -0.1) is 0 Å². The summed E-state index contributed by atoms with van der Waals surface area (Å²) in [5.41, 5.74) is 3.89. The average Bonchev–Trinajstić information content (AvgIpc) is 3.32. The van der Waals surface area contributed by atoms with E-state index in [2.05, 4.69) is 40.0 Å². The van der Waals surface area contributed by atoms with Gasteiger partial charge in [0.1, 0.15) is 0 Å². The Hall–Kier alpha value is -2.30. The molecule has 2 amide bonds. The zero-order valence-electron chi connectivity index (χ0n) is 14.1. The van der Waals surface area contributed by atoms with Crippen molar-refractivity contribution in [3.05, 3.63) is 53.3 Å². The van der Waals surface area contributed by atoms with Gasteiger partial charge in [0.25, 0.3) is 0 Å². The third kappa shape index (κ3) is 2.79. The van der Waals surface area contributed by atoms with Gasteiger partial charge in [-0.1, -0.05) is 30.3 Å². The molecule has 2 N–H and O–H groups in total. The summed E-state index contributed by atoms with van der Waals surface area (Å²) < 4.78 is 1.93. The van der Waals surface area contributed by atoms with Crippen LogP contribution in [-0.2, 0) is 18.9 Å². The Kier molecular flexibility index (Phi) is 3.79. The number of amides is 2. The maximum atomic E-state index is 12.4. The average molecular weight is 324 g/mol. The van der Waals surface area contributed by atoms with E-state index in [9.17, 15) is 4.79 Å². The minimum Gasteiger partial charge on any atom is -0.337 e. The number of nitrogens with one attached hydrogen (secondary N) is 2. The van der Waals surface area contributed by atoms with E-state index in [4.69, 9.17) is 0 Å². The summed E-state index contributed by atoms with van der Waals surface area (Å²) >= 11 is 0. The van der Waals surface area contributed by atoms with Crippen LogP contribution in [0.2, 0.25) is 0 Å². The lowest BCUT2D eigenvalue weighted by atomic mass is 9.93. The molecule has 0 spiro atoms. The number of nitrogens with zero attached hydrogens (tertiary/aromatic N) is 2. The zero-order chi connectivity index (χ0) is 16.6. The fourth-order valence-corrected chi connectivity index (χ4v) is 3.82. The van der Waals surface area contributed by atoms with E-state index in [-0.39, 0.29) is 17.5 Å². The number of fused-ring (bicyclic) bond motifs is 1. The molecule has 2 aliphatic rings. The van der Waals surface area contributed by atoms with Crippen LogP contribution in [0.25, 0.3) is 0 Å². The van der Waals surface area contributed by atoms with E-state index in [1.54, 1.807) is 0 Å². The molecule has 24 heavy (non-hydrogen) atoms. The number of hydrogen-bond donors (Lipinski definition) is 2. The Morgan fingerprint density at radius 2 is 2.12 bits per heavy atom. The number of aromatic nitrogens is 2. The first-order valence-corrected chi connectivity index (χ1v) is 8.79. The van der Waals surface area contributed by atoms with Gasteiger partial charge in [0.15, 0.2) is 0 Å². The monoisotopic (exact) mass is 324 g/mol. The van der Waals surface area contributed by atoms with Crippen molar-refractivity contribution < 1.29 is 4.79 Å². The highest BCUT2D eigenvalue weighted by Gasteiger charge is 2.44. The summed E-state index contributed by atoms with van der Waals surface area (Å²) in [6.07, 6.45) is 7.30. The minimum absolute atomic E-state index is 0.0705. The van der Waals surface area contributed by atoms with Crippen LogP contribution in [0.15, 0.2) is 36.5 Å². The number of rotatable bonds is 4. The summed E-state index contributed by atoms with van der Waals surface area (Å²) in [6.45, 7) is 0.704. The second-order valence-corrected chi connectivity index (χ2v) is 7.09. The summed E-state index contributed by atoms with van der Waals surface area (Å²) in [7, 11) is 1.97. The lowest BCUT2D eigenvalue weighted by molar-refractivity contribution is 0.234. The molecule has 1 atom stereocenters. The van der Waals surface area contributed by atoms with Crippen molar-refractivity contribution in [3.8, 4) is 0 Å². The summed E-state index contributed by atoms with van der Waals surface area (Å²) in [5, 5.41) is 10.6. The molecule has 1 unspecified atom stereocenters. The molecule has 0 radical (unpaired) electrons. The first kappa shape index (κ1) is 15.2.